The minimum atomic E-state index is 1.16. The molecule has 0 saturated heterocycles. The summed E-state index contributed by atoms with van der Waals surface area (Å²) in [5.41, 5.74) is 16.3. The summed E-state index contributed by atoms with van der Waals surface area (Å²) in [6.07, 6.45) is 9.85. The molecular formula is C42H36N2. The topological polar surface area (TPSA) is 9.86 Å². The lowest BCUT2D eigenvalue weighted by molar-refractivity contribution is 0.667. The van der Waals surface area contributed by atoms with Gasteiger partial charge in [-0.05, 0) is 121 Å². The van der Waals surface area contributed by atoms with E-state index in [4.69, 9.17) is 0 Å². The van der Waals surface area contributed by atoms with Crippen molar-refractivity contribution in [2.75, 3.05) is 0 Å². The Balaban J connectivity index is 1.03. The molecule has 7 aromatic rings. The number of benzene rings is 5. The fourth-order valence-corrected chi connectivity index (χ4v) is 8.06. The molecule has 0 aliphatic heterocycles. The first-order chi connectivity index (χ1) is 21.8. The lowest BCUT2D eigenvalue weighted by Crippen LogP contribution is -2.06. The van der Waals surface area contributed by atoms with Crippen LogP contribution < -0.4 is 0 Å². The van der Waals surface area contributed by atoms with Crippen molar-refractivity contribution in [1.82, 2.24) is 9.13 Å². The molecule has 9 rings (SSSR count). The molecule has 2 heterocycles. The number of fused-ring (bicyclic) bond motifs is 6. The molecule has 2 aliphatic rings. The Morgan fingerprint density at radius 3 is 1.43 bits per heavy atom. The van der Waals surface area contributed by atoms with E-state index >= 15 is 0 Å². The van der Waals surface area contributed by atoms with Gasteiger partial charge in [0.1, 0.15) is 0 Å². The summed E-state index contributed by atoms with van der Waals surface area (Å²) in [6, 6.07) is 45.3. The third-order valence-corrected chi connectivity index (χ3v) is 10.1. The molecule has 0 fully saturated rings. The largest absolute Gasteiger partial charge is 0.313 e. The van der Waals surface area contributed by atoms with E-state index in [9.17, 15) is 0 Å². The molecule has 0 bridgehead atoms. The van der Waals surface area contributed by atoms with E-state index in [2.05, 4.69) is 130 Å². The average Bonchev–Trinajstić information content (AvgIpc) is 3.62. The van der Waals surface area contributed by atoms with E-state index in [1.165, 1.54) is 105 Å². The van der Waals surface area contributed by atoms with Gasteiger partial charge in [-0.15, -0.1) is 0 Å². The molecule has 0 saturated carbocycles. The number of hydrogen-bond acceptors (Lipinski definition) is 0. The minimum Gasteiger partial charge on any atom is -0.313 e. The van der Waals surface area contributed by atoms with Gasteiger partial charge in [-0.2, -0.15) is 0 Å². The summed E-state index contributed by atoms with van der Waals surface area (Å²) in [7, 11) is 0. The van der Waals surface area contributed by atoms with Crippen LogP contribution in [0.1, 0.15) is 48.2 Å². The number of nitrogens with zero attached hydrogens (tertiary/aromatic N) is 2. The molecule has 2 nitrogen and oxygen atoms in total. The number of aryl methyl sites for hydroxylation is 2. The Bertz CT molecular complexity index is 2160. The van der Waals surface area contributed by atoms with Crippen LogP contribution in [0, 0.1) is 0 Å². The van der Waals surface area contributed by atoms with E-state index in [1.807, 2.05) is 0 Å². The smallest absolute Gasteiger partial charge is 0.0534 e. The van der Waals surface area contributed by atoms with Crippen molar-refractivity contribution in [1.29, 1.82) is 0 Å². The van der Waals surface area contributed by atoms with Crippen LogP contribution in [0.15, 0.2) is 121 Å². The van der Waals surface area contributed by atoms with Gasteiger partial charge in [-0.25, -0.2) is 0 Å². The molecule has 2 aliphatic carbocycles. The van der Waals surface area contributed by atoms with Crippen molar-refractivity contribution in [3.05, 3.63) is 144 Å². The molecule has 0 atom stereocenters. The summed E-state index contributed by atoms with van der Waals surface area (Å²) in [6.45, 7) is 0. The van der Waals surface area contributed by atoms with Gasteiger partial charge in [0.25, 0.3) is 0 Å². The van der Waals surface area contributed by atoms with E-state index < -0.39 is 0 Å². The normalized spacial score (nSPS) is 14.5. The third kappa shape index (κ3) is 4.08. The van der Waals surface area contributed by atoms with Crippen molar-refractivity contribution in [3.63, 3.8) is 0 Å². The summed E-state index contributed by atoms with van der Waals surface area (Å²) in [5.74, 6) is 0. The lowest BCUT2D eigenvalue weighted by Gasteiger charge is -2.17. The number of para-hydroxylation sites is 2. The predicted molar refractivity (Wildman–Crippen MR) is 184 cm³/mol. The maximum absolute atomic E-state index is 2.52. The highest BCUT2D eigenvalue weighted by Crippen LogP contribution is 2.37. The Morgan fingerprint density at radius 2 is 0.841 bits per heavy atom. The fraction of sp³-hybridized carbons (Fsp3) is 0.190. The average molecular weight is 569 g/mol. The number of hydrogen-bond donors (Lipinski definition) is 0. The Labute approximate surface area is 259 Å². The first-order valence-corrected chi connectivity index (χ1v) is 16.4. The predicted octanol–water partition coefficient (Wildman–Crippen LogP) is 10.7. The van der Waals surface area contributed by atoms with Gasteiger partial charge in [-0.1, -0.05) is 84.9 Å². The molecule has 2 heteroatoms. The Hall–Kier alpha value is -4.82. The summed E-state index contributed by atoms with van der Waals surface area (Å²) in [5, 5.41) is 2.85. The number of aromatic nitrogens is 2. The molecule has 214 valence electrons. The van der Waals surface area contributed by atoms with Crippen LogP contribution in [-0.2, 0) is 25.7 Å². The zero-order valence-electron chi connectivity index (χ0n) is 25.1. The zero-order valence-corrected chi connectivity index (χ0v) is 25.1. The minimum absolute atomic E-state index is 1.16. The molecule has 0 amide bonds. The molecular weight excluding hydrogens is 532 g/mol. The van der Waals surface area contributed by atoms with Gasteiger partial charge < -0.3 is 9.13 Å². The lowest BCUT2D eigenvalue weighted by atomic mass is 9.95. The van der Waals surface area contributed by atoms with Crippen LogP contribution >= 0.6 is 0 Å². The van der Waals surface area contributed by atoms with Crippen LogP contribution in [0.4, 0.5) is 0 Å². The van der Waals surface area contributed by atoms with Crippen molar-refractivity contribution < 1.29 is 0 Å². The van der Waals surface area contributed by atoms with Crippen molar-refractivity contribution in [3.8, 4) is 33.6 Å². The van der Waals surface area contributed by atoms with Crippen LogP contribution in [0.25, 0.3) is 55.4 Å². The van der Waals surface area contributed by atoms with Gasteiger partial charge in [0.15, 0.2) is 0 Å². The highest BCUT2D eigenvalue weighted by molar-refractivity contribution is 5.89. The maximum atomic E-state index is 2.52. The molecule has 0 spiro atoms. The summed E-state index contributed by atoms with van der Waals surface area (Å²) < 4.78 is 5.03. The van der Waals surface area contributed by atoms with Crippen LogP contribution in [0.3, 0.4) is 0 Å². The monoisotopic (exact) mass is 568 g/mol. The second-order valence-electron chi connectivity index (χ2n) is 12.6. The van der Waals surface area contributed by atoms with Crippen LogP contribution in [0.2, 0.25) is 0 Å². The van der Waals surface area contributed by atoms with E-state index in [0.29, 0.717) is 0 Å². The summed E-state index contributed by atoms with van der Waals surface area (Å²) >= 11 is 0. The molecule has 0 unspecified atom stereocenters. The number of rotatable bonds is 4. The van der Waals surface area contributed by atoms with Gasteiger partial charge in [0.05, 0.1) is 11.0 Å². The van der Waals surface area contributed by atoms with Gasteiger partial charge in [0, 0.05) is 33.5 Å². The van der Waals surface area contributed by atoms with Crippen LogP contribution in [-0.4, -0.2) is 9.13 Å². The highest BCUT2D eigenvalue weighted by atomic mass is 15.0. The SMILES string of the molecule is c1cc(-c2ccc(-c3ccc(-n4c5c(c6ccccc64)CCCC5)cc3)cc2)cc(-n2c3c(c4ccccc42)CCCC3)c1. The fourth-order valence-electron chi connectivity index (χ4n) is 8.06. The third-order valence-electron chi connectivity index (χ3n) is 10.1. The molecule has 44 heavy (non-hydrogen) atoms. The van der Waals surface area contributed by atoms with E-state index in [-0.39, 0.29) is 0 Å². The molecule has 0 N–H and O–H groups in total. The molecule has 5 aromatic carbocycles. The Kier molecular flexibility index (Phi) is 6.07. The second-order valence-corrected chi connectivity index (χ2v) is 12.6. The highest BCUT2D eigenvalue weighted by Gasteiger charge is 2.22. The van der Waals surface area contributed by atoms with E-state index in [1.54, 1.807) is 11.1 Å². The van der Waals surface area contributed by atoms with Crippen molar-refractivity contribution in [2.45, 2.75) is 51.4 Å². The van der Waals surface area contributed by atoms with Crippen LogP contribution in [0.5, 0.6) is 0 Å². The first-order valence-electron chi connectivity index (χ1n) is 16.4. The van der Waals surface area contributed by atoms with Crippen molar-refractivity contribution in [2.24, 2.45) is 0 Å². The van der Waals surface area contributed by atoms with Gasteiger partial charge in [0.2, 0.25) is 0 Å². The Morgan fingerprint density at radius 1 is 0.364 bits per heavy atom. The first kappa shape index (κ1) is 25.7. The van der Waals surface area contributed by atoms with Crippen molar-refractivity contribution >= 4 is 21.8 Å². The molecule has 0 radical (unpaired) electrons. The van der Waals surface area contributed by atoms with E-state index in [0.717, 1.165) is 12.8 Å². The summed E-state index contributed by atoms with van der Waals surface area (Å²) in [4.78, 5) is 0. The standard InChI is InChI=1S/C42H36N2/c1-5-16-39-35(12-1)36-13-2-6-17-40(36)43(39)33-26-24-30(25-27-33)29-20-22-31(23-21-29)32-10-9-11-34(28-32)44-41-18-7-3-14-37(41)38-15-4-8-19-42(38)44/h1,3,5,7,9-12,14,16,18,20-28H,2,4,6,8,13,15,17,19H2. The van der Waals surface area contributed by atoms with Gasteiger partial charge >= 0.3 is 0 Å². The van der Waals surface area contributed by atoms with Gasteiger partial charge in [-0.3, -0.25) is 0 Å². The molecule has 2 aromatic heterocycles. The quantitative estimate of drug-likeness (QED) is 0.200. The second kappa shape index (κ2) is 10.4. The zero-order chi connectivity index (χ0) is 29.0. The maximum Gasteiger partial charge on any atom is 0.0534 e.